The molecule has 27 heavy (non-hydrogen) atoms. The van der Waals surface area contributed by atoms with Gasteiger partial charge in [-0.1, -0.05) is 6.07 Å². The van der Waals surface area contributed by atoms with Crippen LogP contribution in [-0.4, -0.2) is 61.9 Å². The van der Waals surface area contributed by atoms with E-state index < -0.39 is 0 Å². The SMILES string of the molecule is CNC(=O)c1cccc(C(=O)N2CCCC(CNC(=O)C3CCCN3)C2)c1. The molecular formula is C20H28N4O3. The Labute approximate surface area is 159 Å². The quantitative estimate of drug-likeness (QED) is 0.712. The second kappa shape index (κ2) is 8.99. The van der Waals surface area contributed by atoms with Gasteiger partial charge in [0, 0.05) is 37.8 Å². The summed E-state index contributed by atoms with van der Waals surface area (Å²) in [5, 5.41) is 8.81. The first kappa shape index (κ1) is 19.4. The molecule has 0 radical (unpaired) electrons. The summed E-state index contributed by atoms with van der Waals surface area (Å²) in [5.41, 5.74) is 1.00. The molecule has 3 N–H and O–H groups in total. The van der Waals surface area contributed by atoms with Gasteiger partial charge < -0.3 is 20.9 Å². The Bertz CT molecular complexity index is 700. The standard InChI is InChI=1S/C20H28N4O3/c1-21-18(25)15-6-2-7-16(11-15)20(27)24-10-4-5-14(13-24)12-23-19(26)17-8-3-9-22-17/h2,6-7,11,14,17,22H,3-5,8-10,12-13H2,1H3,(H,21,25)(H,23,26). The van der Waals surface area contributed by atoms with Gasteiger partial charge in [-0.05, 0) is 56.3 Å². The van der Waals surface area contributed by atoms with Gasteiger partial charge >= 0.3 is 0 Å². The lowest BCUT2D eigenvalue weighted by Gasteiger charge is -2.33. The summed E-state index contributed by atoms with van der Waals surface area (Å²) in [6, 6.07) is 6.73. The van der Waals surface area contributed by atoms with Crippen LogP contribution in [0.2, 0.25) is 0 Å². The highest BCUT2D eigenvalue weighted by Gasteiger charge is 2.27. The first-order chi connectivity index (χ1) is 13.1. The summed E-state index contributed by atoms with van der Waals surface area (Å²) >= 11 is 0. The Morgan fingerprint density at radius 2 is 2.00 bits per heavy atom. The third-order valence-electron chi connectivity index (χ3n) is 5.35. The number of likely N-dealkylation sites (tertiary alicyclic amines) is 1. The van der Waals surface area contributed by atoms with Crippen molar-refractivity contribution in [2.75, 3.05) is 33.2 Å². The number of amides is 3. The van der Waals surface area contributed by atoms with Gasteiger partial charge in [0.2, 0.25) is 5.91 Å². The molecule has 7 heteroatoms. The molecule has 2 aliphatic heterocycles. The van der Waals surface area contributed by atoms with Crippen molar-refractivity contribution in [2.45, 2.75) is 31.7 Å². The predicted molar refractivity (Wildman–Crippen MR) is 102 cm³/mol. The van der Waals surface area contributed by atoms with E-state index in [1.54, 1.807) is 31.3 Å². The van der Waals surface area contributed by atoms with E-state index in [9.17, 15) is 14.4 Å². The van der Waals surface area contributed by atoms with Crippen molar-refractivity contribution in [1.29, 1.82) is 0 Å². The zero-order valence-corrected chi connectivity index (χ0v) is 15.8. The molecule has 2 heterocycles. The van der Waals surface area contributed by atoms with Crippen LogP contribution < -0.4 is 16.0 Å². The zero-order valence-electron chi connectivity index (χ0n) is 15.8. The fourth-order valence-corrected chi connectivity index (χ4v) is 3.81. The summed E-state index contributed by atoms with van der Waals surface area (Å²) in [5.74, 6) is 0.0584. The third kappa shape index (κ3) is 4.86. The molecular weight excluding hydrogens is 344 g/mol. The highest BCUT2D eigenvalue weighted by Crippen LogP contribution is 2.19. The van der Waals surface area contributed by atoms with Gasteiger partial charge in [0.15, 0.2) is 0 Å². The van der Waals surface area contributed by atoms with E-state index in [1.165, 1.54) is 0 Å². The van der Waals surface area contributed by atoms with Crippen LogP contribution in [-0.2, 0) is 4.79 Å². The molecule has 0 aliphatic carbocycles. The lowest BCUT2D eigenvalue weighted by molar-refractivity contribution is -0.123. The van der Waals surface area contributed by atoms with Gasteiger partial charge in [-0.15, -0.1) is 0 Å². The van der Waals surface area contributed by atoms with E-state index in [4.69, 9.17) is 0 Å². The number of carbonyl (C=O) groups is 3. The number of piperidine rings is 1. The molecule has 2 atom stereocenters. The minimum Gasteiger partial charge on any atom is -0.355 e. The molecule has 146 valence electrons. The van der Waals surface area contributed by atoms with Crippen molar-refractivity contribution in [3.05, 3.63) is 35.4 Å². The Morgan fingerprint density at radius 3 is 2.74 bits per heavy atom. The first-order valence-electron chi connectivity index (χ1n) is 9.71. The zero-order chi connectivity index (χ0) is 19.2. The van der Waals surface area contributed by atoms with Crippen molar-refractivity contribution in [3.8, 4) is 0 Å². The highest BCUT2D eigenvalue weighted by molar-refractivity contribution is 5.99. The second-order valence-electron chi connectivity index (χ2n) is 7.31. The van der Waals surface area contributed by atoms with Gasteiger partial charge in [-0.3, -0.25) is 14.4 Å². The van der Waals surface area contributed by atoms with Crippen molar-refractivity contribution in [2.24, 2.45) is 5.92 Å². The van der Waals surface area contributed by atoms with Gasteiger partial charge in [0.1, 0.15) is 0 Å². The summed E-state index contributed by atoms with van der Waals surface area (Å²) in [4.78, 5) is 38.6. The summed E-state index contributed by atoms with van der Waals surface area (Å²) in [6.45, 7) is 2.83. The number of rotatable bonds is 5. The predicted octanol–water partition coefficient (Wildman–Crippen LogP) is 0.767. The van der Waals surface area contributed by atoms with Crippen LogP contribution in [0.25, 0.3) is 0 Å². The number of carbonyl (C=O) groups excluding carboxylic acids is 3. The van der Waals surface area contributed by atoms with Crippen LogP contribution in [0.1, 0.15) is 46.4 Å². The molecule has 0 aromatic heterocycles. The maximum Gasteiger partial charge on any atom is 0.253 e. The monoisotopic (exact) mass is 372 g/mol. The van der Waals surface area contributed by atoms with Crippen LogP contribution in [0, 0.1) is 5.92 Å². The molecule has 1 aromatic rings. The third-order valence-corrected chi connectivity index (χ3v) is 5.35. The first-order valence-corrected chi connectivity index (χ1v) is 9.71. The summed E-state index contributed by atoms with van der Waals surface area (Å²) in [7, 11) is 1.57. The molecule has 3 amide bonds. The minimum atomic E-state index is -0.204. The normalized spacial score (nSPS) is 22.3. The van der Waals surface area contributed by atoms with Crippen LogP contribution in [0.3, 0.4) is 0 Å². The van der Waals surface area contributed by atoms with E-state index in [-0.39, 0.29) is 29.7 Å². The fraction of sp³-hybridized carbons (Fsp3) is 0.550. The van der Waals surface area contributed by atoms with Crippen molar-refractivity contribution < 1.29 is 14.4 Å². The molecule has 1 aromatic carbocycles. The lowest BCUT2D eigenvalue weighted by atomic mass is 9.97. The lowest BCUT2D eigenvalue weighted by Crippen LogP contribution is -2.46. The summed E-state index contributed by atoms with van der Waals surface area (Å²) < 4.78 is 0. The largest absolute Gasteiger partial charge is 0.355 e. The van der Waals surface area contributed by atoms with Crippen molar-refractivity contribution >= 4 is 17.7 Å². The Kier molecular flexibility index (Phi) is 6.45. The Morgan fingerprint density at radius 1 is 1.19 bits per heavy atom. The Hall–Kier alpha value is -2.41. The van der Waals surface area contributed by atoms with Gasteiger partial charge in [0.05, 0.1) is 6.04 Å². The topological polar surface area (TPSA) is 90.5 Å². The van der Waals surface area contributed by atoms with Gasteiger partial charge in [-0.25, -0.2) is 0 Å². The molecule has 2 fully saturated rings. The van der Waals surface area contributed by atoms with E-state index >= 15 is 0 Å². The maximum atomic E-state index is 12.9. The summed E-state index contributed by atoms with van der Waals surface area (Å²) in [6.07, 6.45) is 3.85. The van der Waals surface area contributed by atoms with Crippen LogP contribution >= 0.6 is 0 Å². The number of nitrogens with one attached hydrogen (secondary N) is 3. The number of benzene rings is 1. The van der Waals surface area contributed by atoms with E-state index in [0.29, 0.717) is 30.8 Å². The number of nitrogens with zero attached hydrogens (tertiary/aromatic N) is 1. The molecule has 7 nitrogen and oxygen atoms in total. The number of hydrogen-bond donors (Lipinski definition) is 3. The molecule has 2 unspecified atom stereocenters. The second-order valence-corrected chi connectivity index (χ2v) is 7.31. The van der Waals surface area contributed by atoms with Crippen molar-refractivity contribution in [1.82, 2.24) is 20.9 Å². The molecule has 3 rings (SSSR count). The maximum absolute atomic E-state index is 12.9. The molecule has 2 aliphatic rings. The van der Waals surface area contributed by atoms with Crippen LogP contribution in [0.5, 0.6) is 0 Å². The molecule has 0 spiro atoms. The highest BCUT2D eigenvalue weighted by atomic mass is 16.2. The smallest absolute Gasteiger partial charge is 0.253 e. The minimum absolute atomic E-state index is 0.0609. The number of hydrogen-bond acceptors (Lipinski definition) is 4. The molecule has 2 saturated heterocycles. The van der Waals surface area contributed by atoms with Crippen LogP contribution in [0.15, 0.2) is 24.3 Å². The van der Waals surface area contributed by atoms with E-state index in [1.807, 2.05) is 4.90 Å². The van der Waals surface area contributed by atoms with Crippen molar-refractivity contribution in [3.63, 3.8) is 0 Å². The van der Waals surface area contributed by atoms with E-state index in [0.717, 1.165) is 32.2 Å². The molecule has 0 saturated carbocycles. The average molecular weight is 372 g/mol. The van der Waals surface area contributed by atoms with Gasteiger partial charge in [0.25, 0.3) is 11.8 Å². The van der Waals surface area contributed by atoms with E-state index in [2.05, 4.69) is 16.0 Å². The average Bonchev–Trinajstić information content (AvgIpc) is 3.26. The van der Waals surface area contributed by atoms with Gasteiger partial charge in [-0.2, -0.15) is 0 Å². The fourth-order valence-electron chi connectivity index (χ4n) is 3.81. The molecule has 0 bridgehead atoms. The Balaban J connectivity index is 1.56. The van der Waals surface area contributed by atoms with Crippen LogP contribution in [0.4, 0.5) is 0 Å².